The Morgan fingerprint density at radius 1 is 1.19 bits per heavy atom. The van der Waals surface area contributed by atoms with E-state index in [-0.39, 0.29) is 12.6 Å². The van der Waals surface area contributed by atoms with Crippen LogP contribution in [0.15, 0.2) is 0 Å². The van der Waals surface area contributed by atoms with Gasteiger partial charge in [-0.2, -0.15) is 13.2 Å². The van der Waals surface area contributed by atoms with Gasteiger partial charge >= 0.3 is 6.18 Å². The van der Waals surface area contributed by atoms with Gasteiger partial charge in [0.2, 0.25) is 0 Å². The molecule has 1 aliphatic rings. The van der Waals surface area contributed by atoms with Gasteiger partial charge in [0.25, 0.3) is 0 Å². The molecule has 0 aromatic carbocycles. The van der Waals surface area contributed by atoms with E-state index in [4.69, 9.17) is 10.8 Å². The third kappa shape index (κ3) is 4.25. The number of hydrogen-bond acceptors (Lipinski definition) is 4. The fourth-order valence-electron chi connectivity index (χ4n) is 1.88. The van der Waals surface area contributed by atoms with Crippen molar-refractivity contribution < 1.29 is 18.3 Å². The van der Waals surface area contributed by atoms with E-state index < -0.39 is 12.7 Å². The number of aliphatic hydroxyl groups excluding tert-OH is 1. The molecule has 1 fully saturated rings. The van der Waals surface area contributed by atoms with Crippen LogP contribution in [-0.4, -0.2) is 73.0 Å². The SMILES string of the molecule is NCC(CO)N1CCN(CC(F)(F)F)CC1. The van der Waals surface area contributed by atoms with Crippen LogP contribution in [0.2, 0.25) is 0 Å². The summed E-state index contributed by atoms with van der Waals surface area (Å²) in [5.74, 6) is 0. The van der Waals surface area contributed by atoms with Crippen molar-refractivity contribution in [2.45, 2.75) is 12.2 Å². The van der Waals surface area contributed by atoms with Crippen LogP contribution >= 0.6 is 0 Å². The van der Waals surface area contributed by atoms with E-state index in [1.165, 1.54) is 4.90 Å². The van der Waals surface area contributed by atoms with E-state index in [2.05, 4.69) is 0 Å². The Hall–Kier alpha value is -0.370. The normalized spacial score (nSPS) is 22.3. The number of aliphatic hydroxyl groups is 1. The summed E-state index contributed by atoms with van der Waals surface area (Å²) in [7, 11) is 0. The predicted octanol–water partition coefficient (Wildman–Crippen LogP) is -0.514. The van der Waals surface area contributed by atoms with E-state index in [0.29, 0.717) is 32.7 Å². The van der Waals surface area contributed by atoms with Gasteiger partial charge in [0.05, 0.1) is 13.2 Å². The van der Waals surface area contributed by atoms with Crippen molar-refractivity contribution in [2.24, 2.45) is 5.73 Å². The zero-order chi connectivity index (χ0) is 12.2. The van der Waals surface area contributed by atoms with Crippen LogP contribution in [0.25, 0.3) is 0 Å². The average molecular weight is 241 g/mol. The molecule has 96 valence electrons. The highest BCUT2D eigenvalue weighted by molar-refractivity contribution is 4.79. The summed E-state index contributed by atoms with van der Waals surface area (Å²) in [6.07, 6.45) is -4.13. The maximum Gasteiger partial charge on any atom is 0.401 e. The van der Waals surface area contributed by atoms with Crippen molar-refractivity contribution >= 4 is 0 Å². The first kappa shape index (κ1) is 13.7. The molecule has 1 unspecified atom stereocenters. The van der Waals surface area contributed by atoms with Gasteiger partial charge in [-0.15, -0.1) is 0 Å². The molecule has 0 aliphatic carbocycles. The second-order valence-electron chi connectivity index (χ2n) is 4.00. The number of hydrogen-bond donors (Lipinski definition) is 2. The van der Waals surface area contributed by atoms with Gasteiger partial charge in [-0.1, -0.05) is 0 Å². The van der Waals surface area contributed by atoms with E-state index >= 15 is 0 Å². The lowest BCUT2D eigenvalue weighted by atomic mass is 10.2. The smallest absolute Gasteiger partial charge is 0.395 e. The summed E-state index contributed by atoms with van der Waals surface area (Å²) in [5.41, 5.74) is 5.46. The molecule has 1 aliphatic heterocycles. The lowest BCUT2D eigenvalue weighted by Crippen LogP contribution is -2.54. The molecule has 0 aromatic heterocycles. The number of nitrogens with zero attached hydrogens (tertiary/aromatic N) is 2. The molecule has 7 heteroatoms. The lowest BCUT2D eigenvalue weighted by Gasteiger charge is -2.38. The zero-order valence-electron chi connectivity index (χ0n) is 9.08. The predicted molar refractivity (Wildman–Crippen MR) is 54.0 cm³/mol. The van der Waals surface area contributed by atoms with E-state index in [9.17, 15) is 13.2 Å². The summed E-state index contributed by atoms with van der Waals surface area (Å²) in [6, 6.07) is -0.131. The van der Waals surface area contributed by atoms with Gasteiger partial charge in [0.15, 0.2) is 0 Å². The Morgan fingerprint density at radius 2 is 1.75 bits per heavy atom. The monoisotopic (exact) mass is 241 g/mol. The molecular formula is C9H18F3N3O. The van der Waals surface area contributed by atoms with Crippen LogP contribution in [0.4, 0.5) is 13.2 Å². The molecule has 0 amide bonds. The number of nitrogens with two attached hydrogens (primary N) is 1. The summed E-state index contributed by atoms with van der Waals surface area (Å²) in [5, 5.41) is 9.02. The van der Waals surface area contributed by atoms with Gasteiger partial charge in [-0.05, 0) is 0 Å². The largest absolute Gasteiger partial charge is 0.401 e. The van der Waals surface area contributed by atoms with Gasteiger partial charge in [-0.3, -0.25) is 9.80 Å². The number of piperazine rings is 1. The standard InChI is InChI=1S/C9H18F3N3O/c10-9(11,12)7-14-1-3-15(4-2-14)8(5-13)6-16/h8,16H,1-7,13H2. The van der Waals surface area contributed by atoms with Crippen LogP contribution in [0.5, 0.6) is 0 Å². The topological polar surface area (TPSA) is 52.7 Å². The molecule has 0 aromatic rings. The van der Waals surface area contributed by atoms with Crippen LogP contribution in [0, 0.1) is 0 Å². The Morgan fingerprint density at radius 3 is 2.12 bits per heavy atom. The molecule has 0 bridgehead atoms. The van der Waals surface area contributed by atoms with Gasteiger partial charge in [0.1, 0.15) is 0 Å². The Kier molecular flexibility index (Phi) is 4.97. The molecular weight excluding hydrogens is 223 g/mol. The lowest BCUT2D eigenvalue weighted by molar-refractivity contribution is -0.150. The summed E-state index contributed by atoms with van der Waals surface area (Å²) < 4.78 is 36.3. The van der Waals surface area contributed by atoms with Crippen LogP contribution in [0.1, 0.15) is 0 Å². The fraction of sp³-hybridized carbons (Fsp3) is 1.00. The quantitative estimate of drug-likeness (QED) is 0.696. The molecule has 0 radical (unpaired) electrons. The first-order chi connectivity index (χ1) is 7.46. The van der Waals surface area contributed by atoms with E-state index in [0.717, 1.165) is 0 Å². The minimum Gasteiger partial charge on any atom is -0.395 e. The zero-order valence-corrected chi connectivity index (χ0v) is 9.08. The first-order valence-corrected chi connectivity index (χ1v) is 5.30. The Bertz CT molecular complexity index is 201. The van der Waals surface area contributed by atoms with E-state index in [1.54, 1.807) is 0 Å². The number of rotatable bonds is 4. The molecule has 0 spiro atoms. The Balaban J connectivity index is 2.33. The molecule has 1 saturated heterocycles. The molecule has 0 saturated carbocycles. The fourth-order valence-corrected chi connectivity index (χ4v) is 1.88. The second-order valence-corrected chi connectivity index (χ2v) is 4.00. The third-order valence-corrected chi connectivity index (χ3v) is 2.81. The van der Waals surface area contributed by atoms with Crippen molar-refractivity contribution in [3.63, 3.8) is 0 Å². The van der Waals surface area contributed by atoms with Gasteiger partial charge in [0, 0.05) is 38.8 Å². The maximum atomic E-state index is 12.1. The van der Waals surface area contributed by atoms with Crippen LogP contribution < -0.4 is 5.73 Å². The first-order valence-electron chi connectivity index (χ1n) is 5.30. The van der Waals surface area contributed by atoms with Crippen LogP contribution in [0.3, 0.4) is 0 Å². The average Bonchev–Trinajstić information content (AvgIpc) is 2.20. The van der Waals surface area contributed by atoms with Crippen molar-refractivity contribution in [3.05, 3.63) is 0 Å². The third-order valence-electron chi connectivity index (χ3n) is 2.81. The molecule has 3 N–H and O–H groups in total. The summed E-state index contributed by atoms with van der Waals surface area (Å²) >= 11 is 0. The van der Waals surface area contributed by atoms with Crippen molar-refractivity contribution in [1.29, 1.82) is 0 Å². The highest BCUT2D eigenvalue weighted by atomic mass is 19.4. The van der Waals surface area contributed by atoms with E-state index in [1.807, 2.05) is 4.90 Å². The molecule has 1 atom stereocenters. The van der Waals surface area contributed by atoms with Gasteiger partial charge in [-0.25, -0.2) is 0 Å². The summed E-state index contributed by atoms with van der Waals surface area (Å²) in [6.45, 7) is 1.22. The second kappa shape index (κ2) is 5.81. The minimum absolute atomic E-state index is 0.0459. The molecule has 1 heterocycles. The Labute approximate surface area is 92.8 Å². The summed E-state index contributed by atoms with van der Waals surface area (Å²) in [4.78, 5) is 3.31. The number of halogens is 3. The highest BCUT2D eigenvalue weighted by Gasteiger charge is 2.32. The van der Waals surface area contributed by atoms with Crippen molar-refractivity contribution in [3.8, 4) is 0 Å². The molecule has 16 heavy (non-hydrogen) atoms. The molecule has 1 rings (SSSR count). The van der Waals surface area contributed by atoms with Crippen molar-refractivity contribution in [1.82, 2.24) is 9.80 Å². The van der Waals surface area contributed by atoms with Crippen LogP contribution in [-0.2, 0) is 0 Å². The number of alkyl halides is 3. The van der Waals surface area contributed by atoms with Crippen molar-refractivity contribution in [2.75, 3.05) is 45.9 Å². The maximum absolute atomic E-state index is 12.1. The minimum atomic E-state index is -4.13. The molecule has 4 nitrogen and oxygen atoms in total. The van der Waals surface area contributed by atoms with Gasteiger partial charge < -0.3 is 10.8 Å². The highest BCUT2D eigenvalue weighted by Crippen LogP contribution is 2.17.